The van der Waals surface area contributed by atoms with E-state index in [0.29, 0.717) is 16.5 Å². The number of anilines is 1. The van der Waals surface area contributed by atoms with E-state index >= 15 is 0 Å². The van der Waals surface area contributed by atoms with Gasteiger partial charge in [-0.15, -0.1) is 0 Å². The molecule has 1 aromatic carbocycles. The van der Waals surface area contributed by atoms with E-state index in [9.17, 15) is 0 Å². The van der Waals surface area contributed by atoms with Gasteiger partial charge in [0.2, 0.25) is 0 Å². The Hall–Kier alpha value is -0.930. The van der Waals surface area contributed by atoms with Crippen molar-refractivity contribution in [2.45, 2.75) is 18.9 Å². The molecule has 2 N–H and O–H groups in total. The van der Waals surface area contributed by atoms with Crippen LogP contribution in [-0.4, -0.2) is 19.3 Å². The number of benzene rings is 1. The minimum atomic E-state index is 0.168. The standard InChI is InChI=1S/C11H14ClNO2/c12-9-2-1-3-10(13)11(9)15-8-4-6-14-7-5-8/h1-3,8H,4-7,13H2. The third-order valence-electron chi connectivity index (χ3n) is 2.45. The Morgan fingerprint density at radius 2 is 2.07 bits per heavy atom. The normalized spacial score (nSPS) is 17.7. The van der Waals surface area contributed by atoms with Crippen molar-refractivity contribution in [2.75, 3.05) is 18.9 Å². The third-order valence-corrected chi connectivity index (χ3v) is 2.75. The Morgan fingerprint density at radius 3 is 2.73 bits per heavy atom. The zero-order valence-corrected chi connectivity index (χ0v) is 9.17. The fourth-order valence-electron chi connectivity index (χ4n) is 1.61. The van der Waals surface area contributed by atoms with Gasteiger partial charge in [0.05, 0.1) is 23.9 Å². The first-order chi connectivity index (χ1) is 7.27. The summed E-state index contributed by atoms with van der Waals surface area (Å²) in [4.78, 5) is 0. The molecule has 0 spiro atoms. The summed E-state index contributed by atoms with van der Waals surface area (Å²) in [6.45, 7) is 1.49. The molecule has 1 fully saturated rings. The molecule has 0 atom stereocenters. The summed E-state index contributed by atoms with van der Waals surface area (Å²) in [6, 6.07) is 5.39. The third kappa shape index (κ3) is 2.55. The Balaban J connectivity index is 2.09. The average molecular weight is 228 g/mol. The van der Waals surface area contributed by atoms with E-state index in [1.165, 1.54) is 0 Å². The second-order valence-electron chi connectivity index (χ2n) is 3.59. The second kappa shape index (κ2) is 4.73. The van der Waals surface area contributed by atoms with Crippen molar-refractivity contribution >= 4 is 17.3 Å². The maximum absolute atomic E-state index is 6.01. The van der Waals surface area contributed by atoms with E-state index in [2.05, 4.69) is 0 Å². The molecule has 1 aromatic rings. The highest BCUT2D eigenvalue weighted by molar-refractivity contribution is 6.32. The van der Waals surface area contributed by atoms with Crippen LogP contribution >= 0.6 is 11.6 Å². The summed E-state index contributed by atoms with van der Waals surface area (Å²) in [7, 11) is 0. The number of hydrogen-bond acceptors (Lipinski definition) is 3. The molecule has 82 valence electrons. The fourth-order valence-corrected chi connectivity index (χ4v) is 1.84. The Labute approximate surface area is 94.1 Å². The van der Waals surface area contributed by atoms with Crippen LogP contribution in [-0.2, 0) is 4.74 Å². The summed E-state index contributed by atoms with van der Waals surface area (Å²) >= 11 is 6.01. The average Bonchev–Trinajstić information content (AvgIpc) is 2.25. The summed E-state index contributed by atoms with van der Waals surface area (Å²) < 4.78 is 11.0. The number of halogens is 1. The molecule has 1 aliphatic rings. The number of ether oxygens (including phenoxy) is 2. The predicted molar refractivity (Wildman–Crippen MR) is 60.3 cm³/mol. The molecule has 2 rings (SSSR count). The predicted octanol–water partition coefficient (Wildman–Crippen LogP) is 2.48. The Morgan fingerprint density at radius 1 is 1.33 bits per heavy atom. The Bertz CT molecular complexity index is 317. The quantitative estimate of drug-likeness (QED) is 0.790. The first-order valence-corrected chi connectivity index (χ1v) is 5.43. The summed E-state index contributed by atoms with van der Waals surface area (Å²) in [6.07, 6.45) is 1.95. The first kappa shape index (κ1) is 10.6. The first-order valence-electron chi connectivity index (χ1n) is 5.06. The number of para-hydroxylation sites is 1. The van der Waals surface area contributed by atoms with E-state index in [4.69, 9.17) is 26.8 Å². The summed E-state index contributed by atoms with van der Waals surface area (Å²) in [5, 5.41) is 0.571. The van der Waals surface area contributed by atoms with Crippen LogP contribution in [0.15, 0.2) is 18.2 Å². The molecule has 4 heteroatoms. The van der Waals surface area contributed by atoms with E-state index in [1.54, 1.807) is 12.1 Å². The van der Waals surface area contributed by atoms with E-state index in [0.717, 1.165) is 26.1 Å². The molecule has 0 aromatic heterocycles. The minimum absolute atomic E-state index is 0.168. The number of nitrogen functional groups attached to an aromatic ring is 1. The minimum Gasteiger partial charge on any atom is -0.487 e. The maximum atomic E-state index is 6.01. The lowest BCUT2D eigenvalue weighted by atomic mass is 10.1. The lowest BCUT2D eigenvalue weighted by Crippen LogP contribution is -2.26. The van der Waals surface area contributed by atoms with Gasteiger partial charge in [-0.05, 0) is 12.1 Å². The van der Waals surface area contributed by atoms with Gasteiger partial charge in [0.25, 0.3) is 0 Å². The lowest BCUT2D eigenvalue weighted by molar-refractivity contribution is 0.0259. The molecule has 0 unspecified atom stereocenters. The maximum Gasteiger partial charge on any atom is 0.161 e. The lowest BCUT2D eigenvalue weighted by Gasteiger charge is -2.24. The van der Waals surface area contributed by atoms with Crippen LogP contribution in [0, 0.1) is 0 Å². The van der Waals surface area contributed by atoms with Crippen LogP contribution in [0.25, 0.3) is 0 Å². The number of nitrogens with two attached hydrogens (primary N) is 1. The van der Waals surface area contributed by atoms with Gasteiger partial charge in [-0.2, -0.15) is 0 Å². The van der Waals surface area contributed by atoms with Crippen LogP contribution in [0.4, 0.5) is 5.69 Å². The molecule has 0 amide bonds. The molecule has 0 bridgehead atoms. The number of hydrogen-bond donors (Lipinski definition) is 1. The summed E-state index contributed by atoms with van der Waals surface area (Å²) in [5.74, 6) is 0.603. The molecule has 1 saturated heterocycles. The monoisotopic (exact) mass is 227 g/mol. The van der Waals surface area contributed by atoms with Crippen molar-refractivity contribution < 1.29 is 9.47 Å². The smallest absolute Gasteiger partial charge is 0.161 e. The topological polar surface area (TPSA) is 44.5 Å². The van der Waals surface area contributed by atoms with Crippen molar-refractivity contribution in [3.05, 3.63) is 23.2 Å². The van der Waals surface area contributed by atoms with Crippen molar-refractivity contribution in [2.24, 2.45) is 0 Å². The second-order valence-corrected chi connectivity index (χ2v) is 3.99. The zero-order chi connectivity index (χ0) is 10.7. The van der Waals surface area contributed by atoms with Crippen LogP contribution in [0.3, 0.4) is 0 Å². The zero-order valence-electron chi connectivity index (χ0n) is 8.41. The van der Waals surface area contributed by atoms with Crippen molar-refractivity contribution in [3.8, 4) is 5.75 Å². The fraction of sp³-hybridized carbons (Fsp3) is 0.455. The summed E-state index contributed by atoms with van der Waals surface area (Å²) in [5.41, 5.74) is 6.39. The van der Waals surface area contributed by atoms with Gasteiger partial charge in [0.15, 0.2) is 5.75 Å². The van der Waals surface area contributed by atoms with Crippen LogP contribution in [0.1, 0.15) is 12.8 Å². The molecule has 0 radical (unpaired) electrons. The SMILES string of the molecule is Nc1cccc(Cl)c1OC1CCOCC1. The molecular formula is C11H14ClNO2. The van der Waals surface area contributed by atoms with E-state index in [1.807, 2.05) is 6.07 Å². The van der Waals surface area contributed by atoms with Crippen molar-refractivity contribution in [1.82, 2.24) is 0 Å². The van der Waals surface area contributed by atoms with E-state index in [-0.39, 0.29) is 6.10 Å². The van der Waals surface area contributed by atoms with Crippen molar-refractivity contribution in [1.29, 1.82) is 0 Å². The van der Waals surface area contributed by atoms with Gasteiger partial charge in [-0.25, -0.2) is 0 Å². The molecule has 15 heavy (non-hydrogen) atoms. The van der Waals surface area contributed by atoms with Crippen LogP contribution in [0.2, 0.25) is 5.02 Å². The van der Waals surface area contributed by atoms with Crippen LogP contribution < -0.4 is 10.5 Å². The van der Waals surface area contributed by atoms with Gasteiger partial charge in [0, 0.05) is 12.8 Å². The largest absolute Gasteiger partial charge is 0.487 e. The van der Waals surface area contributed by atoms with Gasteiger partial charge in [-0.3, -0.25) is 0 Å². The van der Waals surface area contributed by atoms with E-state index < -0.39 is 0 Å². The van der Waals surface area contributed by atoms with Crippen LogP contribution in [0.5, 0.6) is 5.75 Å². The molecular weight excluding hydrogens is 214 g/mol. The van der Waals surface area contributed by atoms with Gasteiger partial charge in [0.1, 0.15) is 6.10 Å². The molecule has 1 heterocycles. The van der Waals surface area contributed by atoms with Gasteiger partial charge < -0.3 is 15.2 Å². The highest BCUT2D eigenvalue weighted by Gasteiger charge is 2.17. The molecule has 3 nitrogen and oxygen atoms in total. The highest BCUT2D eigenvalue weighted by atomic mass is 35.5. The van der Waals surface area contributed by atoms with Gasteiger partial charge >= 0.3 is 0 Å². The molecule has 0 saturated carbocycles. The van der Waals surface area contributed by atoms with Gasteiger partial charge in [-0.1, -0.05) is 17.7 Å². The highest BCUT2D eigenvalue weighted by Crippen LogP contribution is 2.32. The Kier molecular flexibility index (Phi) is 3.34. The van der Waals surface area contributed by atoms with Crippen molar-refractivity contribution in [3.63, 3.8) is 0 Å². The molecule has 0 aliphatic carbocycles. The number of rotatable bonds is 2. The molecule has 1 aliphatic heterocycles.